The first-order valence-corrected chi connectivity index (χ1v) is 6.79. The summed E-state index contributed by atoms with van der Waals surface area (Å²) in [6, 6.07) is 10.2. The molecule has 0 aromatic heterocycles. The highest BCUT2D eigenvalue weighted by Gasteiger charge is 2.21. The molecule has 1 aliphatic rings. The predicted octanol–water partition coefficient (Wildman–Crippen LogP) is 4.87. The maximum atomic E-state index is 5.46. The quantitative estimate of drug-likeness (QED) is 0.419. The summed E-state index contributed by atoms with van der Waals surface area (Å²) in [4.78, 5) is 0.909. The smallest absolute Gasteiger partial charge is 0.0446 e. The van der Waals surface area contributed by atoms with Gasteiger partial charge in [-0.2, -0.15) is 0 Å². The Kier molecular flexibility index (Phi) is 4.27. The lowest BCUT2D eigenvalue weighted by molar-refractivity contribution is 0.477. The van der Waals surface area contributed by atoms with Gasteiger partial charge >= 0.3 is 0 Å². The fraction of sp³-hybridized carbons (Fsp3) is 0.235. The zero-order valence-electron chi connectivity index (χ0n) is 10.7. The summed E-state index contributed by atoms with van der Waals surface area (Å²) >= 11 is 5.46. The summed E-state index contributed by atoms with van der Waals surface area (Å²) in [5.41, 5.74) is 1.26. The van der Waals surface area contributed by atoms with Gasteiger partial charge in [0.25, 0.3) is 0 Å². The van der Waals surface area contributed by atoms with E-state index in [9.17, 15) is 0 Å². The molecular formula is C17H18S. The minimum atomic E-state index is 0.146. The zero-order chi connectivity index (χ0) is 12.8. The lowest BCUT2D eigenvalue weighted by Gasteiger charge is -2.26. The Labute approximate surface area is 115 Å². The number of hydrogen-bond acceptors (Lipinski definition) is 1. The highest BCUT2D eigenvalue weighted by Crippen LogP contribution is 2.33. The summed E-state index contributed by atoms with van der Waals surface area (Å²) < 4.78 is 0. The molecule has 0 amide bonds. The van der Waals surface area contributed by atoms with Gasteiger partial charge < -0.3 is 0 Å². The van der Waals surface area contributed by atoms with Crippen molar-refractivity contribution < 1.29 is 0 Å². The Hall–Kier alpha value is -1.47. The third kappa shape index (κ3) is 3.05. The molecule has 1 unspecified atom stereocenters. The number of allylic oxidation sites excluding steroid dienone is 6. The van der Waals surface area contributed by atoms with E-state index in [0.29, 0.717) is 0 Å². The van der Waals surface area contributed by atoms with Crippen LogP contribution in [0, 0.1) is 5.41 Å². The molecule has 1 aromatic rings. The molecule has 1 aromatic carbocycles. The van der Waals surface area contributed by atoms with Crippen LogP contribution in [0.25, 0.3) is 0 Å². The highest BCUT2D eigenvalue weighted by molar-refractivity contribution is 7.81. The molecule has 0 fully saturated rings. The number of benzene rings is 1. The van der Waals surface area contributed by atoms with E-state index in [1.807, 2.05) is 18.2 Å². The van der Waals surface area contributed by atoms with Gasteiger partial charge in [0.1, 0.15) is 0 Å². The van der Waals surface area contributed by atoms with Gasteiger partial charge in [0, 0.05) is 10.3 Å². The maximum Gasteiger partial charge on any atom is 0.0446 e. The second kappa shape index (κ2) is 5.92. The first-order chi connectivity index (χ1) is 8.76. The molecule has 0 saturated heterocycles. The third-order valence-electron chi connectivity index (χ3n) is 3.46. The van der Waals surface area contributed by atoms with E-state index < -0.39 is 0 Å². The van der Waals surface area contributed by atoms with Crippen molar-refractivity contribution in [3.63, 3.8) is 0 Å². The van der Waals surface area contributed by atoms with Crippen molar-refractivity contribution in [3.8, 4) is 0 Å². The fourth-order valence-electron chi connectivity index (χ4n) is 2.13. The molecule has 18 heavy (non-hydrogen) atoms. The highest BCUT2D eigenvalue weighted by atomic mass is 32.1. The van der Waals surface area contributed by atoms with Gasteiger partial charge in [0.15, 0.2) is 0 Å². The molecule has 1 atom stereocenters. The summed E-state index contributed by atoms with van der Waals surface area (Å²) in [6.07, 6.45) is 15.2. The molecule has 0 spiro atoms. The molecule has 0 radical (unpaired) electrons. The maximum absolute atomic E-state index is 5.46. The Morgan fingerprint density at radius 2 is 2.06 bits per heavy atom. The van der Waals surface area contributed by atoms with Gasteiger partial charge in [-0.15, -0.1) is 0 Å². The van der Waals surface area contributed by atoms with Crippen LogP contribution in [0.15, 0.2) is 66.8 Å². The molecular weight excluding hydrogens is 236 g/mol. The predicted molar refractivity (Wildman–Crippen MR) is 82.9 cm³/mol. The van der Waals surface area contributed by atoms with Crippen LogP contribution >= 0.6 is 12.2 Å². The Morgan fingerprint density at radius 3 is 2.67 bits per heavy atom. The van der Waals surface area contributed by atoms with E-state index in [1.54, 1.807) is 0 Å². The van der Waals surface area contributed by atoms with Crippen LogP contribution in [0.2, 0.25) is 0 Å². The lowest BCUT2D eigenvalue weighted by Crippen LogP contribution is -2.14. The summed E-state index contributed by atoms with van der Waals surface area (Å²) in [5, 5.41) is 0. The normalized spacial score (nSPS) is 22.5. The molecule has 0 N–H and O–H groups in total. The minimum Gasteiger partial charge on any atom is -0.0834 e. The summed E-state index contributed by atoms with van der Waals surface area (Å²) in [5.74, 6) is 0. The molecule has 0 aliphatic heterocycles. The van der Waals surface area contributed by atoms with Gasteiger partial charge in [0.05, 0.1) is 0 Å². The Morgan fingerprint density at radius 1 is 1.28 bits per heavy atom. The van der Waals surface area contributed by atoms with Crippen molar-refractivity contribution in [1.82, 2.24) is 0 Å². The molecule has 92 valence electrons. The topological polar surface area (TPSA) is 0 Å². The Bertz CT molecular complexity index is 494. The van der Waals surface area contributed by atoms with Crippen molar-refractivity contribution in [2.24, 2.45) is 5.41 Å². The largest absolute Gasteiger partial charge is 0.0834 e. The van der Waals surface area contributed by atoms with Crippen molar-refractivity contribution in [2.75, 3.05) is 0 Å². The van der Waals surface area contributed by atoms with Crippen LogP contribution in [-0.4, -0.2) is 4.86 Å². The van der Waals surface area contributed by atoms with E-state index in [4.69, 9.17) is 12.2 Å². The second-order valence-corrected chi connectivity index (χ2v) is 5.08. The van der Waals surface area contributed by atoms with E-state index in [2.05, 4.69) is 55.5 Å². The third-order valence-corrected chi connectivity index (χ3v) is 3.83. The average molecular weight is 254 g/mol. The van der Waals surface area contributed by atoms with Crippen LogP contribution in [0.4, 0.5) is 0 Å². The molecule has 0 heterocycles. The van der Waals surface area contributed by atoms with Crippen molar-refractivity contribution in [2.45, 2.75) is 19.8 Å². The van der Waals surface area contributed by atoms with Gasteiger partial charge in [0.2, 0.25) is 0 Å². The summed E-state index contributed by atoms with van der Waals surface area (Å²) in [7, 11) is 0. The molecule has 1 heteroatoms. The van der Waals surface area contributed by atoms with Crippen LogP contribution in [0.3, 0.4) is 0 Å². The molecule has 0 nitrogen and oxygen atoms in total. The van der Waals surface area contributed by atoms with E-state index >= 15 is 0 Å². The van der Waals surface area contributed by atoms with Gasteiger partial charge in [-0.3, -0.25) is 0 Å². The molecule has 1 aliphatic carbocycles. The summed E-state index contributed by atoms with van der Waals surface area (Å²) in [6.45, 7) is 2.22. The van der Waals surface area contributed by atoms with E-state index in [0.717, 1.165) is 23.3 Å². The number of rotatable bonds is 4. The minimum absolute atomic E-state index is 0.146. The number of thiocarbonyl (C=S) groups is 1. The average Bonchev–Trinajstić information content (AvgIpc) is 2.47. The van der Waals surface area contributed by atoms with Crippen molar-refractivity contribution in [1.29, 1.82) is 0 Å². The first kappa shape index (κ1) is 13.0. The molecule has 0 bridgehead atoms. The second-order valence-electron chi connectivity index (χ2n) is 4.64. The fourth-order valence-corrected chi connectivity index (χ4v) is 2.33. The SMILES string of the molecule is CCC1(C=CC(=S)c2ccccc2)C=CC=CC1. The standard InChI is InChI=1S/C17H18S/c1-2-17(12-7-4-8-13-17)14-11-16(18)15-9-5-3-6-10-15/h3-12,14H,2,13H2,1H3. The van der Waals surface area contributed by atoms with Crippen molar-refractivity contribution >= 4 is 17.1 Å². The van der Waals surface area contributed by atoms with Crippen LogP contribution in [0.1, 0.15) is 25.3 Å². The van der Waals surface area contributed by atoms with Crippen LogP contribution in [-0.2, 0) is 0 Å². The molecule has 0 saturated carbocycles. The lowest BCUT2D eigenvalue weighted by atomic mass is 9.79. The van der Waals surface area contributed by atoms with E-state index in [-0.39, 0.29) is 5.41 Å². The van der Waals surface area contributed by atoms with Gasteiger partial charge in [-0.05, 0) is 24.5 Å². The van der Waals surface area contributed by atoms with Gasteiger partial charge in [-0.1, -0.05) is 79.9 Å². The van der Waals surface area contributed by atoms with Gasteiger partial charge in [-0.25, -0.2) is 0 Å². The zero-order valence-corrected chi connectivity index (χ0v) is 11.5. The van der Waals surface area contributed by atoms with Crippen molar-refractivity contribution in [3.05, 3.63) is 72.4 Å². The number of hydrogen-bond donors (Lipinski definition) is 0. The van der Waals surface area contributed by atoms with Crippen LogP contribution < -0.4 is 0 Å². The first-order valence-electron chi connectivity index (χ1n) is 6.39. The van der Waals surface area contributed by atoms with Crippen LogP contribution in [0.5, 0.6) is 0 Å². The monoisotopic (exact) mass is 254 g/mol. The Balaban J connectivity index is 2.13. The van der Waals surface area contributed by atoms with E-state index in [1.165, 1.54) is 0 Å². The molecule has 2 rings (SSSR count).